The average Bonchev–Trinajstić information content (AvgIpc) is 2.94. The molecular weight excluding hydrogens is 286 g/mol. The van der Waals surface area contributed by atoms with Crippen molar-refractivity contribution >= 4 is 23.2 Å². The second kappa shape index (κ2) is 7.59. The van der Waals surface area contributed by atoms with E-state index >= 15 is 0 Å². The highest BCUT2D eigenvalue weighted by molar-refractivity contribution is 7.07. The second-order valence-electron chi connectivity index (χ2n) is 5.91. The number of rotatable bonds is 5. The summed E-state index contributed by atoms with van der Waals surface area (Å²) in [6.45, 7) is 4.22. The molecule has 1 amide bonds. The lowest BCUT2D eigenvalue weighted by atomic mass is 9.78. The first-order valence-corrected chi connectivity index (χ1v) is 8.46. The van der Waals surface area contributed by atoms with Crippen LogP contribution in [0.4, 0.5) is 0 Å². The standard InChI is InChI=1S/C16H23NO3S/c1-11-4-3-5-14(12(11)2)17-15(18)9-20-16(19)8-13-6-7-21-10-13/h6-7,10-12,14H,3-5,8-9H2,1-2H3,(H,17,18)/t11-,12+,14-/m1/s1. The Morgan fingerprint density at radius 1 is 1.38 bits per heavy atom. The van der Waals surface area contributed by atoms with Gasteiger partial charge in [0.05, 0.1) is 6.42 Å². The molecule has 0 aromatic carbocycles. The fourth-order valence-electron chi connectivity index (χ4n) is 2.79. The molecule has 0 radical (unpaired) electrons. The molecule has 0 bridgehead atoms. The average molecular weight is 309 g/mol. The zero-order valence-electron chi connectivity index (χ0n) is 12.6. The van der Waals surface area contributed by atoms with Crippen molar-refractivity contribution in [2.24, 2.45) is 11.8 Å². The second-order valence-corrected chi connectivity index (χ2v) is 6.69. The summed E-state index contributed by atoms with van der Waals surface area (Å²) in [5, 5.41) is 6.83. The van der Waals surface area contributed by atoms with E-state index in [4.69, 9.17) is 4.74 Å². The fourth-order valence-corrected chi connectivity index (χ4v) is 3.46. The Bertz CT molecular complexity index is 472. The third-order valence-corrected chi connectivity index (χ3v) is 5.08. The van der Waals surface area contributed by atoms with Gasteiger partial charge in [0.15, 0.2) is 6.61 Å². The van der Waals surface area contributed by atoms with Gasteiger partial charge in [-0.05, 0) is 40.6 Å². The van der Waals surface area contributed by atoms with E-state index in [1.165, 1.54) is 6.42 Å². The molecule has 116 valence electrons. The monoisotopic (exact) mass is 309 g/mol. The van der Waals surface area contributed by atoms with Crippen LogP contribution in [0.25, 0.3) is 0 Å². The van der Waals surface area contributed by atoms with E-state index in [0.29, 0.717) is 11.8 Å². The molecule has 2 rings (SSSR count). The molecule has 0 spiro atoms. The van der Waals surface area contributed by atoms with Crippen LogP contribution < -0.4 is 5.32 Å². The number of thiophene rings is 1. The van der Waals surface area contributed by atoms with Crippen LogP contribution >= 0.6 is 11.3 Å². The molecule has 5 heteroatoms. The predicted molar refractivity (Wildman–Crippen MR) is 83.1 cm³/mol. The van der Waals surface area contributed by atoms with Crippen LogP contribution in [0, 0.1) is 11.8 Å². The summed E-state index contributed by atoms with van der Waals surface area (Å²) in [5.41, 5.74) is 0.931. The molecule has 1 heterocycles. The van der Waals surface area contributed by atoms with Gasteiger partial charge in [-0.2, -0.15) is 11.3 Å². The van der Waals surface area contributed by atoms with Crippen molar-refractivity contribution in [2.75, 3.05) is 6.61 Å². The molecule has 4 nitrogen and oxygen atoms in total. The maximum atomic E-state index is 11.9. The van der Waals surface area contributed by atoms with Crippen molar-refractivity contribution in [1.29, 1.82) is 0 Å². The van der Waals surface area contributed by atoms with Crippen LogP contribution in [0.15, 0.2) is 16.8 Å². The van der Waals surface area contributed by atoms with Gasteiger partial charge in [-0.1, -0.05) is 26.7 Å². The number of nitrogens with one attached hydrogen (secondary N) is 1. The molecule has 1 aliphatic rings. The van der Waals surface area contributed by atoms with Gasteiger partial charge in [-0.15, -0.1) is 0 Å². The quantitative estimate of drug-likeness (QED) is 0.851. The van der Waals surface area contributed by atoms with E-state index in [1.54, 1.807) is 11.3 Å². The molecule has 1 fully saturated rings. The van der Waals surface area contributed by atoms with Crippen molar-refractivity contribution in [3.63, 3.8) is 0 Å². The number of hydrogen-bond donors (Lipinski definition) is 1. The highest BCUT2D eigenvalue weighted by Gasteiger charge is 2.28. The van der Waals surface area contributed by atoms with Crippen molar-refractivity contribution in [1.82, 2.24) is 5.32 Å². The molecular formula is C16H23NO3S. The lowest BCUT2D eigenvalue weighted by Crippen LogP contribution is -2.45. The maximum absolute atomic E-state index is 11.9. The smallest absolute Gasteiger partial charge is 0.310 e. The van der Waals surface area contributed by atoms with Gasteiger partial charge in [0.1, 0.15) is 0 Å². The topological polar surface area (TPSA) is 55.4 Å². The highest BCUT2D eigenvalue weighted by Crippen LogP contribution is 2.29. The Hall–Kier alpha value is -1.36. The van der Waals surface area contributed by atoms with Gasteiger partial charge in [0, 0.05) is 6.04 Å². The van der Waals surface area contributed by atoms with Crippen LogP contribution in [0.3, 0.4) is 0 Å². The Kier molecular flexibility index (Phi) is 5.79. The van der Waals surface area contributed by atoms with Gasteiger partial charge in [-0.3, -0.25) is 9.59 Å². The van der Waals surface area contributed by atoms with Crippen molar-refractivity contribution in [3.8, 4) is 0 Å². The highest BCUT2D eigenvalue weighted by atomic mass is 32.1. The number of amides is 1. The summed E-state index contributed by atoms with van der Waals surface area (Å²) in [5.74, 6) is 0.558. The third-order valence-electron chi connectivity index (χ3n) is 4.35. The first-order chi connectivity index (χ1) is 10.1. The van der Waals surface area contributed by atoms with E-state index in [0.717, 1.165) is 18.4 Å². The Morgan fingerprint density at radius 3 is 2.90 bits per heavy atom. The van der Waals surface area contributed by atoms with E-state index in [1.807, 2.05) is 16.8 Å². The molecule has 1 aliphatic carbocycles. The van der Waals surface area contributed by atoms with Crippen LogP contribution in [-0.2, 0) is 20.7 Å². The van der Waals surface area contributed by atoms with E-state index in [-0.39, 0.29) is 30.9 Å². The molecule has 3 atom stereocenters. The molecule has 0 aliphatic heterocycles. The van der Waals surface area contributed by atoms with Gasteiger partial charge in [0.2, 0.25) is 0 Å². The number of hydrogen-bond acceptors (Lipinski definition) is 4. The zero-order valence-corrected chi connectivity index (χ0v) is 13.4. The van der Waals surface area contributed by atoms with E-state index in [2.05, 4.69) is 19.2 Å². The fraction of sp³-hybridized carbons (Fsp3) is 0.625. The van der Waals surface area contributed by atoms with Crippen LogP contribution in [0.1, 0.15) is 38.7 Å². The summed E-state index contributed by atoms with van der Waals surface area (Å²) in [7, 11) is 0. The van der Waals surface area contributed by atoms with Crippen LogP contribution in [0.2, 0.25) is 0 Å². The van der Waals surface area contributed by atoms with Crippen LogP contribution in [0.5, 0.6) is 0 Å². The van der Waals surface area contributed by atoms with Crippen molar-refractivity contribution in [2.45, 2.75) is 45.6 Å². The minimum Gasteiger partial charge on any atom is -0.455 e. The number of ether oxygens (including phenoxy) is 1. The largest absolute Gasteiger partial charge is 0.455 e. The van der Waals surface area contributed by atoms with Crippen molar-refractivity contribution in [3.05, 3.63) is 22.4 Å². The predicted octanol–water partition coefficient (Wildman–Crippen LogP) is 2.77. The Balaban J connectivity index is 1.70. The first kappa shape index (κ1) is 16.0. The number of esters is 1. The summed E-state index contributed by atoms with van der Waals surface area (Å²) >= 11 is 1.54. The summed E-state index contributed by atoms with van der Waals surface area (Å²) < 4.78 is 5.03. The molecule has 0 saturated heterocycles. The minimum atomic E-state index is -0.353. The summed E-state index contributed by atoms with van der Waals surface area (Å²) in [6.07, 6.45) is 3.62. The van der Waals surface area contributed by atoms with Gasteiger partial charge in [-0.25, -0.2) is 0 Å². The molecule has 1 N–H and O–H groups in total. The molecule has 1 saturated carbocycles. The van der Waals surface area contributed by atoms with Gasteiger partial charge in [0.25, 0.3) is 5.91 Å². The molecule has 21 heavy (non-hydrogen) atoms. The Labute approximate surface area is 129 Å². The van der Waals surface area contributed by atoms with E-state index < -0.39 is 0 Å². The van der Waals surface area contributed by atoms with Crippen molar-refractivity contribution < 1.29 is 14.3 Å². The summed E-state index contributed by atoms with van der Waals surface area (Å²) in [6, 6.07) is 2.09. The minimum absolute atomic E-state index is 0.180. The third kappa shape index (κ3) is 4.84. The molecule has 0 unspecified atom stereocenters. The van der Waals surface area contributed by atoms with E-state index in [9.17, 15) is 9.59 Å². The lowest BCUT2D eigenvalue weighted by molar-refractivity contribution is -0.148. The number of carbonyl (C=O) groups excluding carboxylic acids is 2. The number of carbonyl (C=O) groups is 2. The molecule has 1 aromatic rings. The molecule has 1 aromatic heterocycles. The lowest BCUT2D eigenvalue weighted by Gasteiger charge is -2.34. The zero-order chi connectivity index (χ0) is 15.2. The summed E-state index contributed by atoms with van der Waals surface area (Å²) in [4.78, 5) is 23.5. The van der Waals surface area contributed by atoms with Gasteiger partial charge >= 0.3 is 5.97 Å². The SMILES string of the molecule is C[C@H]1[C@H](C)CCC[C@H]1NC(=O)COC(=O)Cc1ccsc1. The first-order valence-electron chi connectivity index (χ1n) is 7.52. The maximum Gasteiger partial charge on any atom is 0.310 e. The normalized spacial score (nSPS) is 25.3. The van der Waals surface area contributed by atoms with Gasteiger partial charge < -0.3 is 10.1 Å². The van der Waals surface area contributed by atoms with Crippen LogP contribution in [-0.4, -0.2) is 24.5 Å². The Morgan fingerprint density at radius 2 is 2.19 bits per heavy atom.